The highest BCUT2D eigenvalue weighted by molar-refractivity contribution is 7.90. The van der Waals surface area contributed by atoms with Crippen LogP contribution in [-0.4, -0.2) is 39.2 Å². The number of rotatable bonds is 6. The Balaban J connectivity index is 2.27. The maximum atomic E-state index is 12.4. The van der Waals surface area contributed by atoms with Gasteiger partial charge in [0.2, 0.25) is 0 Å². The predicted octanol–water partition coefficient (Wildman–Crippen LogP) is 2.96. The predicted molar refractivity (Wildman–Crippen MR) is 87.6 cm³/mol. The summed E-state index contributed by atoms with van der Waals surface area (Å²) in [4.78, 5) is 23.6. The lowest BCUT2D eigenvalue weighted by atomic mass is 10.0. The van der Waals surface area contributed by atoms with E-state index in [9.17, 15) is 31.2 Å². The number of hydrogen-bond donors (Lipinski definition) is 0. The van der Waals surface area contributed by atoms with E-state index in [0.717, 1.165) is 24.5 Å². The molecular formula is C17H17F3O6S. The molecule has 0 atom stereocenters. The van der Waals surface area contributed by atoms with Crippen molar-refractivity contribution in [1.82, 2.24) is 0 Å². The Hall–Kier alpha value is -2.20. The van der Waals surface area contributed by atoms with Crippen LogP contribution in [0, 0.1) is 0 Å². The molecule has 1 aromatic rings. The van der Waals surface area contributed by atoms with E-state index in [1.165, 1.54) is 6.08 Å². The first-order valence-electron chi connectivity index (χ1n) is 7.89. The summed E-state index contributed by atoms with van der Waals surface area (Å²) < 4.78 is 69.9. The van der Waals surface area contributed by atoms with E-state index in [4.69, 9.17) is 4.74 Å². The quantitative estimate of drug-likeness (QED) is 0.675. The molecule has 0 unspecified atom stereocenters. The molecule has 0 saturated carbocycles. The number of ketones is 1. The normalized spacial score (nSPS) is 15.4. The van der Waals surface area contributed by atoms with Crippen LogP contribution in [0.4, 0.5) is 13.2 Å². The second kappa shape index (κ2) is 8.22. The first-order chi connectivity index (χ1) is 12.5. The molecule has 0 aliphatic heterocycles. The zero-order valence-corrected chi connectivity index (χ0v) is 15.2. The molecule has 2 rings (SSSR count). The van der Waals surface area contributed by atoms with E-state index < -0.39 is 35.2 Å². The Morgan fingerprint density at radius 3 is 2.52 bits per heavy atom. The summed E-state index contributed by atoms with van der Waals surface area (Å²) in [5.41, 5.74) is -0.196. The van der Waals surface area contributed by atoms with E-state index >= 15 is 0 Å². The van der Waals surface area contributed by atoms with Gasteiger partial charge >= 0.3 is 12.1 Å². The highest BCUT2D eigenvalue weighted by atomic mass is 32.2. The van der Waals surface area contributed by atoms with Crippen LogP contribution in [0.5, 0.6) is 0 Å². The molecule has 1 aliphatic carbocycles. The first-order valence-corrected chi connectivity index (χ1v) is 9.78. The van der Waals surface area contributed by atoms with Crippen LogP contribution >= 0.6 is 0 Å². The highest BCUT2D eigenvalue weighted by Gasteiger charge is 2.28. The van der Waals surface area contributed by atoms with Crippen molar-refractivity contribution in [2.45, 2.75) is 36.9 Å². The number of carbonyl (C=O) groups excluding carboxylic acids is 2. The van der Waals surface area contributed by atoms with Crippen LogP contribution in [0.2, 0.25) is 0 Å². The largest absolute Gasteiger partial charge is 0.427 e. The first kappa shape index (κ1) is 21.1. The van der Waals surface area contributed by atoms with Crippen LogP contribution in [0.15, 0.2) is 34.9 Å². The number of halogens is 3. The van der Waals surface area contributed by atoms with Crippen LogP contribution in [0.3, 0.4) is 0 Å². The van der Waals surface area contributed by atoms with Gasteiger partial charge in [0.15, 0.2) is 15.6 Å². The molecule has 0 fully saturated rings. The molecule has 0 aromatic heterocycles. The van der Waals surface area contributed by atoms with E-state index in [-0.39, 0.29) is 27.6 Å². The molecule has 27 heavy (non-hydrogen) atoms. The molecule has 0 spiro atoms. The Labute approximate surface area is 153 Å². The zero-order valence-electron chi connectivity index (χ0n) is 14.3. The summed E-state index contributed by atoms with van der Waals surface area (Å²) in [6.45, 7) is -2.18. The standard InChI is InChI=1S/C17H17F3O6S/c1-27(23,24)14-5-6-15(11(7-14)9-25-10-17(18,19)20)16(22)26-13-4-2-3-12(21)8-13/h5-8H,2-4,9-10H2,1H3. The fourth-order valence-corrected chi connectivity index (χ4v) is 3.08. The van der Waals surface area contributed by atoms with Crippen molar-refractivity contribution in [3.63, 3.8) is 0 Å². The van der Waals surface area contributed by atoms with Crippen molar-refractivity contribution in [2.75, 3.05) is 12.9 Å². The summed E-state index contributed by atoms with van der Waals surface area (Å²) in [5, 5.41) is 0. The molecule has 148 valence electrons. The summed E-state index contributed by atoms with van der Waals surface area (Å²) in [6.07, 6.45) is -1.19. The smallest absolute Gasteiger partial charge is 0.411 e. The average molecular weight is 406 g/mol. The lowest BCUT2D eigenvalue weighted by Crippen LogP contribution is -2.18. The number of hydrogen-bond acceptors (Lipinski definition) is 6. The summed E-state index contributed by atoms with van der Waals surface area (Å²) in [6, 6.07) is 3.37. The van der Waals surface area contributed by atoms with Crippen LogP contribution in [0.1, 0.15) is 35.2 Å². The van der Waals surface area contributed by atoms with Gasteiger partial charge in [0.05, 0.1) is 17.1 Å². The minimum atomic E-state index is -4.57. The van der Waals surface area contributed by atoms with Crippen LogP contribution < -0.4 is 0 Å². The van der Waals surface area contributed by atoms with Gasteiger partial charge in [0.1, 0.15) is 12.4 Å². The molecule has 0 bridgehead atoms. The number of allylic oxidation sites excluding steroid dienone is 2. The Kier molecular flexibility index (Phi) is 6.42. The summed E-state index contributed by atoms with van der Waals surface area (Å²) >= 11 is 0. The molecule has 0 amide bonds. The van der Waals surface area contributed by atoms with Gasteiger partial charge in [-0.2, -0.15) is 13.2 Å². The number of ether oxygens (including phenoxy) is 2. The lowest BCUT2D eigenvalue weighted by molar-refractivity contribution is -0.176. The van der Waals surface area contributed by atoms with Crippen LogP contribution in [0.25, 0.3) is 0 Å². The van der Waals surface area contributed by atoms with Gasteiger partial charge in [-0.15, -0.1) is 0 Å². The molecule has 0 N–H and O–H groups in total. The number of benzene rings is 1. The molecule has 0 saturated heterocycles. The number of carbonyl (C=O) groups is 2. The van der Waals surface area contributed by atoms with Gasteiger partial charge in [-0.05, 0) is 30.2 Å². The van der Waals surface area contributed by atoms with E-state index in [1.807, 2.05) is 0 Å². The zero-order chi connectivity index (χ0) is 20.2. The molecule has 1 aromatic carbocycles. The van der Waals surface area contributed by atoms with E-state index in [2.05, 4.69) is 4.74 Å². The SMILES string of the molecule is CS(=O)(=O)c1ccc(C(=O)OC2=CC(=O)CCC2)c(COCC(F)(F)F)c1. The third kappa shape index (κ3) is 6.47. The van der Waals surface area contributed by atoms with Crippen LogP contribution in [-0.2, 0) is 30.7 Å². The number of esters is 1. The van der Waals surface area contributed by atoms with Crippen molar-refractivity contribution in [2.24, 2.45) is 0 Å². The summed E-state index contributed by atoms with van der Waals surface area (Å²) in [7, 11) is -3.64. The maximum Gasteiger partial charge on any atom is 0.411 e. The molecule has 1 aliphatic rings. The second-order valence-electron chi connectivity index (χ2n) is 6.02. The fraction of sp³-hybridized carbons (Fsp3) is 0.412. The molecule has 0 heterocycles. The number of sulfone groups is 1. The topological polar surface area (TPSA) is 86.7 Å². The van der Waals surface area contributed by atoms with Gasteiger partial charge in [0, 0.05) is 25.2 Å². The monoisotopic (exact) mass is 406 g/mol. The maximum absolute atomic E-state index is 12.4. The second-order valence-corrected chi connectivity index (χ2v) is 8.03. The van der Waals surface area contributed by atoms with Gasteiger partial charge in [-0.25, -0.2) is 13.2 Å². The minimum Gasteiger partial charge on any atom is -0.427 e. The highest BCUT2D eigenvalue weighted by Crippen LogP contribution is 2.23. The molecule has 6 nitrogen and oxygen atoms in total. The Morgan fingerprint density at radius 2 is 1.93 bits per heavy atom. The Morgan fingerprint density at radius 1 is 1.22 bits per heavy atom. The van der Waals surface area contributed by atoms with Gasteiger partial charge in [0.25, 0.3) is 0 Å². The van der Waals surface area contributed by atoms with Gasteiger partial charge < -0.3 is 9.47 Å². The van der Waals surface area contributed by atoms with Crippen molar-refractivity contribution in [1.29, 1.82) is 0 Å². The van der Waals surface area contributed by atoms with Crippen molar-refractivity contribution >= 4 is 21.6 Å². The van der Waals surface area contributed by atoms with Gasteiger partial charge in [-0.1, -0.05) is 0 Å². The summed E-state index contributed by atoms with van der Waals surface area (Å²) in [5.74, 6) is -0.933. The fourth-order valence-electron chi connectivity index (χ4n) is 2.41. The van der Waals surface area contributed by atoms with Crippen molar-refractivity contribution < 1.29 is 40.7 Å². The Bertz CT molecular complexity index is 871. The van der Waals surface area contributed by atoms with Crippen molar-refractivity contribution in [3.8, 4) is 0 Å². The molecular weight excluding hydrogens is 389 g/mol. The third-order valence-corrected chi connectivity index (χ3v) is 4.75. The molecule has 0 radical (unpaired) electrons. The molecule has 10 heteroatoms. The number of alkyl halides is 3. The average Bonchev–Trinajstić information content (AvgIpc) is 2.52. The van der Waals surface area contributed by atoms with Gasteiger partial charge in [-0.3, -0.25) is 4.79 Å². The van der Waals surface area contributed by atoms with E-state index in [0.29, 0.717) is 19.3 Å². The third-order valence-electron chi connectivity index (χ3n) is 3.64. The van der Waals surface area contributed by atoms with Crippen molar-refractivity contribution in [3.05, 3.63) is 41.2 Å². The lowest BCUT2D eigenvalue weighted by Gasteiger charge is -2.15. The minimum absolute atomic E-state index is 0.0603. The van der Waals surface area contributed by atoms with E-state index in [1.54, 1.807) is 0 Å².